The lowest BCUT2D eigenvalue weighted by molar-refractivity contribution is 0.0925. The maximum Gasteiger partial charge on any atom is 0.254 e. The average molecular weight is 278 g/mol. The molecule has 4 nitrogen and oxygen atoms in total. The minimum Gasteiger partial charge on any atom is -0.385 e. The second-order valence-corrected chi connectivity index (χ2v) is 4.36. The highest BCUT2D eigenvalue weighted by Gasteiger charge is 2.14. The quantitative estimate of drug-likeness (QED) is 0.798. The van der Waals surface area contributed by atoms with Gasteiger partial charge in [-0.3, -0.25) is 4.79 Å². The number of rotatable bonds is 5. The number of halogens is 1. The molecule has 0 heterocycles. The number of nitrogens with two attached hydrogens (primary N) is 1. The molecule has 1 unspecified atom stereocenters. The van der Waals surface area contributed by atoms with Crippen LogP contribution in [0.15, 0.2) is 18.2 Å². The van der Waals surface area contributed by atoms with E-state index in [-0.39, 0.29) is 18.2 Å². The highest BCUT2D eigenvalue weighted by molar-refractivity contribution is 5.95. The van der Waals surface area contributed by atoms with Crippen molar-refractivity contribution in [2.75, 3.05) is 20.3 Å². The summed E-state index contributed by atoms with van der Waals surface area (Å²) in [6, 6.07) is 4.08. The average Bonchev–Trinajstić information content (AvgIpc) is 2.44. The van der Waals surface area contributed by atoms with Gasteiger partial charge in [0, 0.05) is 25.3 Å². The first kappa shape index (κ1) is 16.2. The SMILES string of the molecule is COCCC(C)NC(=O)c1cc(C#CCN)ccc1F. The molecule has 5 heteroatoms. The van der Waals surface area contributed by atoms with Gasteiger partial charge in [-0.25, -0.2) is 4.39 Å². The molecule has 0 radical (unpaired) electrons. The summed E-state index contributed by atoms with van der Waals surface area (Å²) in [5.41, 5.74) is 5.82. The molecule has 0 fully saturated rings. The Balaban J connectivity index is 2.81. The summed E-state index contributed by atoms with van der Waals surface area (Å²) in [5, 5.41) is 2.72. The van der Waals surface area contributed by atoms with E-state index in [1.807, 2.05) is 6.92 Å². The molecule has 0 aliphatic carbocycles. The maximum atomic E-state index is 13.7. The van der Waals surface area contributed by atoms with E-state index >= 15 is 0 Å². The fourth-order valence-electron chi connectivity index (χ4n) is 1.60. The van der Waals surface area contributed by atoms with Crippen molar-refractivity contribution in [1.82, 2.24) is 5.32 Å². The third-order valence-corrected chi connectivity index (χ3v) is 2.68. The van der Waals surface area contributed by atoms with Gasteiger partial charge in [0.2, 0.25) is 0 Å². The number of benzene rings is 1. The molecule has 0 saturated heterocycles. The predicted octanol–water partition coefficient (Wildman–Crippen LogP) is 1.29. The smallest absolute Gasteiger partial charge is 0.254 e. The number of ether oxygens (including phenoxy) is 1. The van der Waals surface area contributed by atoms with Crippen molar-refractivity contribution >= 4 is 5.91 Å². The molecule has 0 saturated carbocycles. The van der Waals surface area contributed by atoms with Crippen LogP contribution >= 0.6 is 0 Å². The minimum absolute atomic E-state index is 0.0157. The molecule has 0 bridgehead atoms. The summed E-state index contributed by atoms with van der Waals surface area (Å²) in [4.78, 5) is 12.0. The Kier molecular flexibility index (Phi) is 6.71. The summed E-state index contributed by atoms with van der Waals surface area (Å²) in [6.45, 7) is 2.59. The summed E-state index contributed by atoms with van der Waals surface area (Å²) in [6.07, 6.45) is 0.663. The van der Waals surface area contributed by atoms with Gasteiger partial charge < -0.3 is 15.8 Å². The van der Waals surface area contributed by atoms with Gasteiger partial charge in [-0.2, -0.15) is 0 Å². The van der Waals surface area contributed by atoms with Crippen molar-refractivity contribution in [2.24, 2.45) is 5.73 Å². The van der Waals surface area contributed by atoms with E-state index in [1.54, 1.807) is 7.11 Å². The van der Waals surface area contributed by atoms with E-state index in [1.165, 1.54) is 18.2 Å². The molecular formula is C15H19FN2O2. The number of hydrogen-bond donors (Lipinski definition) is 2. The highest BCUT2D eigenvalue weighted by Crippen LogP contribution is 2.10. The standard InChI is InChI=1S/C15H19FN2O2/c1-11(7-9-20-2)18-15(19)13-10-12(4-3-8-17)5-6-14(13)16/h5-6,10-11H,7-9,17H2,1-2H3,(H,18,19). The molecule has 1 rings (SSSR count). The largest absolute Gasteiger partial charge is 0.385 e. The lowest BCUT2D eigenvalue weighted by Gasteiger charge is -2.13. The Labute approximate surface area is 118 Å². The van der Waals surface area contributed by atoms with Gasteiger partial charge in [0.1, 0.15) is 5.82 Å². The zero-order chi connectivity index (χ0) is 15.0. The molecule has 0 aromatic heterocycles. The number of carbonyl (C=O) groups is 1. The molecule has 0 spiro atoms. The lowest BCUT2D eigenvalue weighted by atomic mass is 10.1. The first-order chi connectivity index (χ1) is 9.58. The first-order valence-corrected chi connectivity index (χ1v) is 6.36. The second kappa shape index (κ2) is 8.31. The topological polar surface area (TPSA) is 64.3 Å². The number of methoxy groups -OCH3 is 1. The first-order valence-electron chi connectivity index (χ1n) is 6.36. The van der Waals surface area contributed by atoms with E-state index in [4.69, 9.17) is 10.5 Å². The summed E-state index contributed by atoms with van der Waals surface area (Å²) in [5.74, 6) is 4.41. The molecule has 20 heavy (non-hydrogen) atoms. The van der Waals surface area contributed by atoms with Gasteiger partial charge in [0.15, 0.2) is 0 Å². The number of hydrogen-bond acceptors (Lipinski definition) is 3. The van der Waals surface area contributed by atoms with Crippen molar-refractivity contribution in [1.29, 1.82) is 0 Å². The van der Waals surface area contributed by atoms with Crippen LogP contribution in [-0.2, 0) is 4.74 Å². The van der Waals surface area contributed by atoms with Crippen LogP contribution < -0.4 is 11.1 Å². The highest BCUT2D eigenvalue weighted by atomic mass is 19.1. The number of nitrogens with one attached hydrogen (secondary N) is 1. The van der Waals surface area contributed by atoms with Gasteiger partial charge in [-0.05, 0) is 31.5 Å². The van der Waals surface area contributed by atoms with Crippen LogP contribution in [0.25, 0.3) is 0 Å². The van der Waals surface area contributed by atoms with Crippen LogP contribution in [0.1, 0.15) is 29.3 Å². The fraction of sp³-hybridized carbons (Fsp3) is 0.400. The molecule has 108 valence electrons. The van der Waals surface area contributed by atoms with Crippen LogP contribution in [0.5, 0.6) is 0 Å². The van der Waals surface area contributed by atoms with Crippen molar-refractivity contribution in [3.63, 3.8) is 0 Å². The van der Waals surface area contributed by atoms with E-state index < -0.39 is 11.7 Å². The second-order valence-electron chi connectivity index (χ2n) is 4.36. The Morgan fingerprint density at radius 3 is 2.95 bits per heavy atom. The summed E-state index contributed by atoms with van der Waals surface area (Å²) in [7, 11) is 1.59. The zero-order valence-corrected chi connectivity index (χ0v) is 11.7. The Morgan fingerprint density at radius 1 is 1.55 bits per heavy atom. The molecule has 1 amide bonds. The monoisotopic (exact) mass is 278 g/mol. The van der Waals surface area contributed by atoms with Crippen LogP contribution in [0.3, 0.4) is 0 Å². The molecular weight excluding hydrogens is 259 g/mol. The van der Waals surface area contributed by atoms with Crippen LogP contribution in [0, 0.1) is 17.7 Å². The van der Waals surface area contributed by atoms with E-state index in [9.17, 15) is 9.18 Å². The van der Waals surface area contributed by atoms with E-state index in [0.29, 0.717) is 18.6 Å². The molecule has 3 N–H and O–H groups in total. The van der Waals surface area contributed by atoms with E-state index in [2.05, 4.69) is 17.2 Å². The van der Waals surface area contributed by atoms with Crippen molar-refractivity contribution in [2.45, 2.75) is 19.4 Å². The van der Waals surface area contributed by atoms with Crippen molar-refractivity contribution in [3.05, 3.63) is 35.1 Å². The molecule has 0 aliphatic rings. The number of carbonyl (C=O) groups excluding carboxylic acids is 1. The van der Waals surface area contributed by atoms with Crippen LogP contribution in [-0.4, -0.2) is 32.2 Å². The zero-order valence-electron chi connectivity index (χ0n) is 11.7. The van der Waals surface area contributed by atoms with Crippen LogP contribution in [0.4, 0.5) is 4.39 Å². The Morgan fingerprint density at radius 2 is 2.30 bits per heavy atom. The Hall–Kier alpha value is -1.90. The molecule has 1 atom stereocenters. The Bertz CT molecular complexity index is 520. The van der Waals surface area contributed by atoms with Crippen molar-refractivity contribution < 1.29 is 13.9 Å². The third-order valence-electron chi connectivity index (χ3n) is 2.68. The van der Waals surface area contributed by atoms with Gasteiger partial charge in [-0.15, -0.1) is 0 Å². The molecule has 0 aliphatic heterocycles. The number of amides is 1. The van der Waals surface area contributed by atoms with Gasteiger partial charge in [0.25, 0.3) is 5.91 Å². The van der Waals surface area contributed by atoms with E-state index in [0.717, 1.165) is 0 Å². The maximum absolute atomic E-state index is 13.7. The van der Waals surface area contributed by atoms with Crippen LogP contribution in [0.2, 0.25) is 0 Å². The van der Waals surface area contributed by atoms with Crippen molar-refractivity contribution in [3.8, 4) is 11.8 Å². The molecule has 1 aromatic carbocycles. The summed E-state index contributed by atoms with van der Waals surface area (Å²) >= 11 is 0. The fourth-order valence-corrected chi connectivity index (χ4v) is 1.60. The normalized spacial score (nSPS) is 11.4. The van der Waals surface area contributed by atoms with Gasteiger partial charge >= 0.3 is 0 Å². The minimum atomic E-state index is -0.570. The van der Waals surface area contributed by atoms with Gasteiger partial charge in [-0.1, -0.05) is 11.8 Å². The third kappa shape index (κ3) is 5.00. The molecule has 1 aromatic rings. The van der Waals surface area contributed by atoms with Gasteiger partial charge in [0.05, 0.1) is 12.1 Å². The summed E-state index contributed by atoms with van der Waals surface area (Å²) < 4.78 is 18.6. The lowest BCUT2D eigenvalue weighted by Crippen LogP contribution is -2.33. The predicted molar refractivity (Wildman–Crippen MR) is 75.8 cm³/mol.